The van der Waals surface area contributed by atoms with Gasteiger partial charge in [0.05, 0.1) is 18.2 Å². The predicted molar refractivity (Wildman–Crippen MR) is 125 cm³/mol. The number of aliphatic hydroxyl groups is 1. The van der Waals surface area contributed by atoms with Gasteiger partial charge in [-0.1, -0.05) is 12.1 Å². The molecule has 174 valence electrons. The first kappa shape index (κ1) is 22.9. The van der Waals surface area contributed by atoms with Crippen LogP contribution in [0, 0.1) is 0 Å². The minimum absolute atomic E-state index is 0.0651. The van der Waals surface area contributed by atoms with Crippen LogP contribution in [0.3, 0.4) is 0 Å². The molecule has 1 amide bonds. The minimum Gasteiger partial charge on any atom is -0.507 e. The summed E-state index contributed by atoms with van der Waals surface area (Å²) < 4.78 is 11.4. The first-order valence-corrected chi connectivity index (χ1v) is 11.3. The fourth-order valence-corrected chi connectivity index (χ4v) is 4.43. The van der Waals surface area contributed by atoms with Crippen molar-refractivity contribution >= 4 is 17.4 Å². The van der Waals surface area contributed by atoms with Crippen molar-refractivity contribution in [3.8, 4) is 11.5 Å². The fraction of sp³-hybridized carbons (Fsp3) is 0.385. The number of hydrogen-bond acceptors (Lipinski definition) is 6. The number of amides is 1. The highest BCUT2D eigenvalue weighted by Crippen LogP contribution is 2.41. The van der Waals surface area contributed by atoms with Crippen molar-refractivity contribution < 1.29 is 24.2 Å². The number of rotatable bonds is 7. The van der Waals surface area contributed by atoms with E-state index >= 15 is 0 Å². The highest BCUT2D eigenvalue weighted by atomic mass is 16.5. The number of aliphatic hydroxyl groups excluding tert-OH is 1. The summed E-state index contributed by atoms with van der Waals surface area (Å²) in [6.07, 6.45) is 0.795. The number of fused-ring (bicyclic) bond motifs is 1. The molecule has 0 saturated carbocycles. The quantitative estimate of drug-likeness (QED) is 0.396. The second kappa shape index (κ2) is 9.27. The molecule has 4 rings (SSSR count). The van der Waals surface area contributed by atoms with Crippen LogP contribution in [0.2, 0.25) is 0 Å². The van der Waals surface area contributed by atoms with Crippen LogP contribution in [-0.2, 0) is 16.0 Å². The fourth-order valence-electron chi connectivity index (χ4n) is 4.43. The summed E-state index contributed by atoms with van der Waals surface area (Å²) in [5.41, 5.74) is 2.30. The van der Waals surface area contributed by atoms with E-state index in [1.165, 1.54) is 4.90 Å². The van der Waals surface area contributed by atoms with Gasteiger partial charge in [0.1, 0.15) is 23.4 Å². The maximum absolute atomic E-state index is 13.2. The lowest BCUT2D eigenvalue weighted by atomic mass is 9.94. The Labute approximate surface area is 194 Å². The summed E-state index contributed by atoms with van der Waals surface area (Å²) in [4.78, 5) is 29.7. The first-order valence-electron chi connectivity index (χ1n) is 11.3. The highest BCUT2D eigenvalue weighted by molar-refractivity contribution is 6.46. The maximum atomic E-state index is 13.2. The summed E-state index contributed by atoms with van der Waals surface area (Å²) >= 11 is 0. The SMILES string of the molecule is CCOc1cccc([C@@H]2/C(=C(\O)c3ccc4c(c3)C[C@H](C)O4)C(=O)C(=O)N2CCN(C)C)c1. The predicted octanol–water partition coefficient (Wildman–Crippen LogP) is 3.39. The number of likely N-dealkylation sites (tertiary alicyclic amines) is 1. The number of nitrogens with zero attached hydrogens (tertiary/aromatic N) is 2. The lowest BCUT2D eigenvalue weighted by Gasteiger charge is -2.27. The maximum Gasteiger partial charge on any atom is 0.295 e. The topological polar surface area (TPSA) is 79.3 Å². The van der Waals surface area contributed by atoms with Gasteiger partial charge in [0.15, 0.2) is 0 Å². The van der Waals surface area contributed by atoms with Gasteiger partial charge in [0.2, 0.25) is 0 Å². The number of likely N-dealkylation sites (N-methyl/N-ethyl adjacent to an activating group) is 1. The molecule has 1 saturated heterocycles. The van der Waals surface area contributed by atoms with Crippen molar-refractivity contribution in [3.05, 3.63) is 64.7 Å². The molecule has 0 radical (unpaired) electrons. The summed E-state index contributed by atoms with van der Waals surface area (Å²) in [6, 6.07) is 12.0. The lowest BCUT2D eigenvalue weighted by Crippen LogP contribution is -2.35. The molecule has 0 unspecified atom stereocenters. The third-order valence-corrected chi connectivity index (χ3v) is 5.98. The van der Waals surface area contributed by atoms with E-state index in [1.54, 1.807) is 12.1 Å². The van der Waals surface area contributed by atoms with Gasteiger partial charge in [-0.2, -0.15) is 0 Å². The van der Waals surface area contributed by atoms with Crippen LogP contribution >= 0.6 is 0 Å². The number of hydrogen-bond donors (Lipinski definition) is 1. The lowest BCUT2D eigenvalue weighted by molar-refractivity contribution is -0.140. The Balaban J connectivity index is 1.82. The molecular weight excluding hydrogens is 420 g/mol. The van der Waals surface area contributed by atoms with Crippen molar-refractivity contribution in [1.82, 2.24) is 9.80 Å². The molecule has 2 aromatic rings. The van der Waals surface area contributed by atoms with Gasteiger partial charge in [-0.15, -0.1) is 0 Å². The molecule has 7 heteroatoms. The standard InChI is InChI=1S/C26H30N2O5/c1-5-32-20-8-6-7-17(15-20)23-22(25(30)26(31)28(23)12-11-27(3)4)24(29)18-9-10-21-19(14-18)13-16(2)33-21/h6-10,14-16,23,29H,5,11-13H2,1-4H3/b24-22+/t16-,23+/m0/s1. The molecule has 1 fully saturated rings. The smallest absolute Gasteiger partial charge is 0.295 e. The average Bonchev–Trinajstić information content (AvgIpc) is 3.28. The molecule has 2 atom stereocenters. The van der Waals surface area contributed by atoms with Crippen LogP contribution in [0.15, 0.2) is 48.0 Å². The number of carbonyl (C=O) groups excluding carboxylic acids is 2. The van der Waals surface area contributed by atoms with Gasteiger partial charge in [-0.3, -0.25) is 9.59 Å². The van der Waals surface area contributed by atoms with E-state index in [9.17, 15) is 14.7 Å². The second-order valence-corrected chi connectivity index (χ2v) is 8.76. The van der Waals surface area contributed by atoms with Crippen LogP contribution in [0.25, 0.3) is 5.76 Å². The zero-order valence-corrected chi connectivity index (χ0v) is 19.5. The van der Waals surface area contributed by atoms with Crippen molar-refractivity contribution in [2.75, 3.05) is 33.8 Å². The Bertz CT molecular complexity index is 1110. The van der Waals surface area contributed by atoms with Gasteiger partial charge >= 0.3 is 0 Å². The van der Waals surface area contributed by atoms with Gasteiger partial charge in [-0.25, -0.2) is 0 Å². The number of carbonyl (C=O) groups is 2. The highest BCUT2D eigenvalue weighted by Gasteiger charge is 2.46. The van der Waals surface area contributed by atoms with Gasteiger partial charge in [-0.05, 0) is 69.4 Å². The molecule has 33 heavy (non-hydrogen) atoms. The Morgan fingerprint density at radius 2 is 2.00 bits per heavy atom. The van der Waals surface area contributed by atoms with E-state index in [4.69, 9.17) is 9.47 Å². The summed E-state index contributed by atoms with van der Waals surface area (Å²) in [5.74, 6) is -0.0234. The van der Waals surface area contributed by atoms with Crippen molar-refractivity contribution in [2.24, 2.45) is 0 Å². The summed E-state index contributed by atoms with van der Waals surface area (Å²) in [7, 11) is 3.82. The van der Waals surface area contributed by atoms with Crippen molar-refractivity contribution in [1.29, 1.82) is 0 Å². The van der Waals surface area contributed by atoms with E-state index < -0.39 is 17.7 Å². The molecule has 0 aromatic heterocycles. The van der Waals surface area contributed by atoms with Crippen LogP contribution in [0.1, 0.15) is 36.6 Å². The molecule has 7 nitrogen and oxygen atoms in total. The number of ether oxygens (including phenoxy) is 2. The minimum atomic E-state index is -0.700. The van der Waals surface area contributed by atoms with Crippen molar-refractivity contribution in [2.45, 2.75) is 32.4 Å². The van der Waals surface area contributed by atoms with Gasteiger partial charge in [0, 0.05) is 25.1 Å². The zero-order chi connectivity index (χ0) is 23.7. The Hall–Kier alpha value is -3.32. The molecule has 2 heterocycles. The average molecular weight is 451 g/mol. The van der Waals surface area contributed by atoms with E-state index in [2.05, 4.69) is 0 Å². The van der Waals surface area contributed by atoms with E-state index in [0.717, 1.165) is 23.3 Å². The van der Waals surface area contributed by atoms with Gasteiger partial charge in [0.25, 0.3) is 11.7 Å². The van der Waals surface area contributed by atoms with Gasteiger partial charge < -0.3 is 24.4 Å². The Morgan fingerprint density at radius 3 is 2.73 bits per heavy atom. The molecule has 2 aromatic carbocycles. The molecule has 1 N–H and O–H groups in total. The monoisotopic (exact) mass is 450 g/mol. The zero-order valence-electron chi connectivity index (χ0n) is 19.5. The Morgan fingerprint density at radius 1 is 1.21 bits per heavy atom. The Kier molecular flexibility index (Phi) is 6.42. The summed E-state index contributed by atoms with van der Waals surface area (Å²) in [5, 5.41) is 11.3. The van der Waals surface area contributed by atoms with Crippen LogP contribution < -0.4 is 9.47 Å². The first-order chi connectivity index (χ1) is 15.8. The molecule has 2 aliphatic heterocycles. The normalized spacial score (nSPS) is 21.4. The molecule has 2 aliphatic rings. The molecule has 0 spiro atoms. The molecule has 0 aliphatic carbocycles. The van der Waals surface area contributed by atoms with E-state index in [-0.39, 0.29) is 17.4 Å². The van der Waals surface area contributed by atoms with Crippen molar-refractivity contribution in [3.63, 3.8) is 0 Å². The third kappa shape index (κ3) is 4.46. The summed E-state index contributed by atoms with van der Waals surface area (Å²) in [6.45, 7) is 5.32. The molecular formula is C26H30N2O5. The molecule has 0 bridgehead atoms. The third-order valence-electron chi connectivity index (χ3n) is 5.98. The van der Waals surface area contributed by atoms with Crippen LogP contribution in [0.5, 0.6) is 11.5 Å². The number of benzene rings is 2. The number of Topliss-reactive ketones (excluding diaryl/α,β-unsaturated/α-hetero) is 1. The van der Waals surface area contributed by atoms with Crippen LogP contribution in [-0.4, -0.2) is 66.5 Å². The van der Waals surface area contributed by atoms with E-state index in [0.29, 0.717) is 31.0 Å². The van der Waals surface area contributed by atoms with Crippen LogP contribution in [0.4, 0.5) is 0 Å². The van der Waals surface area contributed by atoms with E-state index in [1.807, 2.05) is 63.2 Å². The second-order valence-electron chi connectivity index (χ2n) is 8.76. The largest absolute Gasteiger partial charge is 0.507 e. The number of ketones is 1.